The Kier molecular flexibility index (Phi) is 4.70. The van der Waals surface area contributed by atoms with Crippen LogP contribution in [0.5, 0.6) is 0 Å². The molecule has 1 fully saturated rings. The van der Waals surface area contributed by atoms with Gasteiger partial charge < -0.3 is 10.1 Å². The number of carbonyl (C=O) groups excluding carboxylic acids is 2. The van der Waals surface area contributed by atoms with Crippen molar-refractivity contribution >= 4 is 23.3 Å². The monoisotopic (exact) mass is 340 g/mol. The van der Waals surface area contributed by atoms with Gasteiger partial charge in [0, 0.05) is 6.42 Å². The van der Waals surface area contributed by atoms with E-state index < -0.39 is 17.6 Å². The molecule has 25 heavy (non-hydrogen) atoms. The van der Waals surface area contributed by atoms with Crippen LogP contribution >= 0.6 is 0 Å². The Hall–Kier alpha value is -2.88. The Morgan fingerprint density at radius 1 is 1.40 bits per heavy atom. The summed E-state index contributed by atoms with van der Waals surface area (Å²) in [6.45, 7) is 1.97. The number of carbonyl (C=O) groups is 2. The molecule has 1 atom stereocenters. The molecule has 0 radical (unpaired) electrons. The fourth-order valence-corrected chi connectivity index (χ4v) is 2.99. The number of amides is 1. The number of benzene rings is 1. The molecule has 7 heteroatoms. The van der Waals surface area contributed by atoms with Crippen LogP contribution in [0.2, 0.25) is 0 Å². The summed E-state index contributed by atoms with van der Waals surface area (Å²) < 4.78 is 5.01. The lowest BCUT2D eigenvalue weighted by Gasteiger charge is -2.37. The second-order valence-corrected chi connectivity index (χ2v) is 6.20. The number of nitrogens with one attached hydrogen (secondary N) is 1. The summed E-state index contributed by atoms with van der Waals surface area (Å²) in [4.78, 5) is 24.8. The predicted octanol–water partition coefficient (Wildman–Crippen LogP) is 1.75. The molecule has 0 unspecified atom stereocenters. The van der Waals surface area contributed by atoms with Gasteiger partial charge in [0.2, 0.25) is 5.91 Å². The number of esters is 1. The van der Waals surface area contributed by atoms with Crippen LogP contribution in [0.25, 0.3) is 0 Å². The lowest BCUT2D eigenvalue weighted by atomic mass is 9.78. The van der Waals surface area contributed by atoms with Gasteiger partial charge in [0.1, 0.15) is 17.3 Å². The molecule has 1 heterocycles. The third-order valence-corrected chi connectivity index (χ3v) is 4.53. The molecule has 0 spiro atoms. The molecule has 130 valence electrons. The third kappa shape index (κ3) is 3.33. The number of ether oxygens (including phenoxy) is 1. The zero-order valence-corrected chi connectivity index (χ0v) is 14.1. The minimum atomic E-state index is -0.786. The predicted molar refractivity (Wildman–Crippen MR) is 91.7 cm³/mol. The van der Waals surface area contributed by atoms with E-state index >= 15 is 0 Å². The third-order valence-electron chi connectivity index (χ3n) is 4.53. The minimum Gasteiger partial charge on any atom is -0.461 e. The van der Waals surface area contributed by atoms with E-state index in [0.29, 0.717) is 18.5 Å². The molecule has 1 aliphatic carbocycles. The van der Waals surface area contributed by atoms with Crippen molar-refractivity contribution in [3.8, 4) is 6.07 Å². The largest absolute Gasteiger partial charge is 0.461 e. The highest BCUT2D eigenvalue weighted by Gasteiger charge is 2.43. The van der Waals surface area contributed by atoms with Gasteiger partial charge >= 0.3 is 5.97 Å². The van der Waals surface area contributed by atoms with Crippen molar-refractivity contribution in [3.63, 3.8) is 0 Å². The first-order valence-corrected chi connectivity index (χ1v) is 8.41. The summed E-state index contributed by atoms with van der Waals surface area (Å²) in [7, 11) is 0. The van der Waals surface area contributed by atoms with E-state index in [1.165, 1.54) is 5.01 Å². The highest BCUT2D eigenvalue weighted by Crippen LogP contribution is 2.32. The number of nitriles is 1. The Morgan fingerprint density at radius 2 is 2.12 bits per heavy atom. The van der Waals surface area contributed by atoms with Crippen LogP contribution in [0.15, 0.2) is 35.4 Å². The van der Waals surface area contributed by atoms with E-state index in [1.54, 1.807) is 6.92 Å². The van der Waals surface area contributed by atoms with Crippen LogP contribution in [-0.2, 0) is 14.3 Å². The van der Waals surface area contributed by atoms with E-state index in [1.807, 2.05) is 30.3 Å². The normalized spacial score (nSPS) is 20.9. The van der Waals surface area contributed by atoms with Crippen molar-refractivity contribution in [2.75, 3.05) is 11.6 Å². The Bertz CT molecular complexity index is 734. The summed E-state index contributed by atoms with van der Waals surface area (Å²) in [6.07, 6.45) is 2.38. The molecule has 1 saturated carbocycles. The van der Waals surface area contributed by atoms with E-state index in [0.717, 1.165) is 6.42 Å². The quantitative estimate of drug-likeness (QED) is 0.824. The molecule has 3 rings (SSSR count). The number of hydrogen-bond acceptors (Lipinski definition) is 6. The van der Waals surface area contributed by atoms with Crippen LogP contribution in [-0.4, -0.2) is 35.8 Å². The highest BCUT2D eigenvalue weighted by molar-refractivity contribution is 6.38. The summed E-state index contributed by atoms with van der Waals surface area (Å²) in [6, 6.07) is 10.7. The Balaban J connectivity index is 1.83. The molecule has 1 aliphatic heterocycles. The van der Waals surface area contributed by atoms with Crippen molar-refractivity contribution in [1.82, 2.24) is 5.32 Å². The maximum Gasteiger partial charge on any atom is 0.354 e. The second-order valence-electron chi connectivity index (χ2n) is 6.20. The Labute approximate surface area is 146 Å². The van der Waals surface area contributed by atoms with Gasteiger partial charge in [-0.15, -0.1) is 0 Å². The molecule has 2 aliphatic rings. The van der Waals surface area contributed by atoms with Gasteiger partial charge in [-0.2, -0.15) is 10.4 Å². The molecular weight excluding hydrogens is 320 g/mol. The number of hydrogen-bond donors (Lipinski definition) is 1. The molecule has 1 aromatic rings. The van der Waals surface area contributed by atoms with Gasteiger partial charge in [-0.3, -0.25) is 9.80 Å². The summed E-state index contributed by atoms with van der Waals surface area (Å²) >= 11 is 0. The number of rotatable bonds is 5. The van der Waals surface area contributed by atoms with Crippen LogP contribution in [0.3, 0.4) is 0 Å². The standard InChI is InChI=1S/C18H20N4O3/c1-2-25-17(24)14-11-15(16(23)20-18(12-19)9-6-10-18)22(21-14)13-7-4-3-5-8-13/h3-5,7-8,15H,2,6,9-11H2,1H3,(H,20,23)/t15-/m1/s1. The zero-order valence-electron chi connectivity index (χ0n) is 14.1. The lowest BCUT2D eigenvalue weighted by Crippen LogP contribution is -2.57. The topological polar surface area (TPSA) is 94.8 Å². The molecule has 0 bridgehead atoms. The maximum atomic E-state index is 12.8. The fourth-order valence-electron chi connectivity index (χ4n) is 2.99. The van der Waals surface area contributed by atoms with Crippen molar-refractivity contribution in [1.29, 1.82) is 5.26 Å². The highest BCUT2D eigenvalue weighted by atomic mass is 16.5. The van der Waals surface area contributed by atoms with Gasteiger partial charge in [-0.1, -0.05) is 18.2 Å². The number of nitrogens with zero attached hydrogens (tertiary/aromatic N) is 3. The number of anilines is 1. The van der Waals surface area contributed by atoms with Gasteiger partial charge in [0.25, 0.3) is 0 Å². The molecule has 1 aromatic carbocycles. The van der Waals surface area contributed by atoms with Crippen molar-refractivity contribution in [2.24, 2.45) is 5.10 Å². The van der Waals surface area contributed by atoms with Crippen molar-refractivity contribution in [3.05, 3.63) is 30.3 Å². The minimum absolute atomic E-state index is 0.154. The average Bonchev–Trinajstić information content (AvgIpc) is 3.04. The first-order valence-electron chi connectivity index (χ1n) is 8.41. The first kappa shape index (κ1) is 17.0. The number of para-hydroxylation sites is 1. The molecule has 1 N–H and O–H groups in total. The lowest BCUT2D eigenvalue weighted by molar-refractivity contribution is -0.135. The van der Waals surface area contributed by atoms with Gasteiger partial charge in [-0.05, 0) is 38.3 Å². The van der Waals surface area contributed by atoms with Crippen LogP contribution < -0.4 is 10.3 Å². The molecule has 1 amide bonds. The summed E-state index contributed by atoms with van der Waals surface area (Å²) in [5.41, 5.74) is 0.138. The van der Waals surface area contributed by atoms with E-state index in [2.05, 4.69) is 16.5 Å². The molecule has 7 nitrogen and oxygen atoms in total. The molecule has 0 aromatic heterocycles. The van der Waals surface area contributed by atoms with Crippen molar-refractivity contribution in [2.45, 2.75) is 44.2 Å². The van der Waals surface area contributed by atoms with Crippen molar-refractivity contribution < 1.29 is 14.3 Å². The zero-order chi connectivity index (χ0) is 17.9. The van der Waals surface area contributed by atoms with Crippen LogP contribution in [0.4, 0.5) is 5.69 Å². The van der Waals surface area contributed by atoms with E-state index in [9.17, 15) is 14.9 Å². The summed E-state index contributed by atoms with van der Waals surface area (Å²) in [5, 5.41) is 18.0. The second kappa shape index (κ2) is 6.93. The van der Waals surface area contributed by atoms with Gasteiger partial charge in [0.05, 0.1) is 18.4 Å². The Morgan fingerprint density at radius 3 is 2.68 bits per heavy atom. The SMILES string of the molecule is CCOC(=O)C1=NN(c2ccccc2)[C@@H](C(=O)NC2(C#N)CCC2)C1. The fraction of sp³-hybridized carbons (Fsp3) is 0.444. The average molecular weight is 340 g/mol. The smallest absolute Gasteiger partial charge is 0.354 e. The first-order chi connectivity index (χ1) is 12.1. The summed E-state index contributed by atoms with van der Waals surface area (Å²) in [5.74, 6) is -0.814. The van der Waals surface area contributed by atoms with Crippen LogP contribution in [0.1, 0.15) is 32.6 Å². The van der Waals surface area contributed by atoms with Gasteiger partial charge in [0.15, 0.2) is 0 Å². The van der Waals surface area contributed by atoms with Gasteiger partial charge in [-0.25, -0.2) is 4.79 Å². The molecule has 0 saturated heterocycles. The van der Waals surface area contributed by atoms with E-state index in [-0.39, 0.29) is 24.6 Å². The maximum absolute atomic E-state index is 12.8. The number of hydrazone groups is 1. The van der Waals surface area contributed by atoms with E-state index in [4.69, 9.17) is 4.74 Å². The molecular formula is C18H20N4O3. The van der Waals surface area contributed by atoms with Crippen LogP contribution in [0, 0.1) is 11.3 Å².